The highest BCUT2D eigenvalue weighted by Gasteiger charge is 2.55. The van der Waals surface area contributed by atoms with Crippen LogP contribution in [0.4, 0.5) is 0 Å². The van der Waals surface area contributed by atoms with E-state index in [1.807, 2.05) is 54.6 Å². The number of fused-ring (bicyclic) bond motifs is 10. The number of methoxy groups -OCH3 is 3. The molecule has 1 unspecified atom stereocenters. The number of benzene rings is 6. The fourth-order valence-electron chi connectivity index (χ4n) is 11.4. The average Bonchev–Trinajstić information content (AvgIpc) is 3.51. The second-order valence-corrected chi connectivity index (χ2v) is 18.3. The summed E-state index contributed by atoms with van der Waals surface area (Å²) in [5.41, 5.74) is 9.49. The molecule has 0 radical (unpaired) electrons. The molecule has 2 N–H and O–H groups in total. The highest BCUT2D eigenvalue weighted by Crippen LogP contribution is 2.67. The summed E-state index contributed by atoms with van der Waals surface area (Å²) in [6.45, 7) is 9.80. The molecular formula is C53H54O7. The Kier molecular flexibility index (Phi) is 9.76. The zero-order chi connectivity index (χ0) is 42.0. The summed E-state index contributed by atoms with van der Waals surface area (Å²) in [5.74, 6) is 3.56. The van der Waals surface area contributed by atoms with Crippen LogP contribution in [0.1, 0.15) is 80.3 Å². The molecule has 1 heterocycles. The molecule has 1 atom stereocenters. The molecular weight excluding hydrogens is 749 g/mol. The van der Waals surface area contributed by atoms with Gasteiger partial charge in [-0.2, -0.15) is 0 Å². The maximum absolute atomic E-state index is 10.0. The molecule has 3 aliphatic rings. The summed E-state index contributed by atoms with van der Waals surface area (Å²) in [6, 6.07) is 35.4. The number of rotatable bonds is 10. The molecule has 0 saturated heterocycles. The Morgan fingerprint density at radius 3 is 1.92 bits per heavy atom. The van der Waals surface area contributed by atoms with Crippen LogP contribution >= 0.6 is 0 Å². The molecule has 0 aromatic heterocycles. The molecule has 7 heteroatoms. The van der Waals surface area contributed by atoms with E-state index in [1.54, 1.807) is 21.3 Å². The van der Waals surface area contributed by atoms with Gasteiger partial charge in [0.05, 0.1) is 34.5 Å². The van der Waals surface area contributed by atoms with Crippen molar-refractivity contribution in [1.29, 1.82) is 0 Å². The number of aliphatic hydroxyl groups is 2. The van der Waals surface area contributed by atoms with E-state index < -0.39 is 5.60 Å². The van der Waals surface area contributed by atoms with Gasteiger partial charge in [-0.05, 0) is 112 Å². The Balaban J connectivity index is 1.39. The van der Waals surface area contributed by atoms with Gasteiger partial charge in [0.15, 0.2) is 5.60 Å². The van der Waals surface area contributed by atoms with Gasteiger partial charge in [-0.25, -0.2) is 0 Å². The zero-order valence-electron chi connectivity index (χ0n) is 35.6. The Hall–Kier alpha value is -5.76. The predicted octanol–water partition coefficient (Wildman–Crippen LogP) is 11.2. The lowest BCUT2D eigenvalue weighted by Gasteiger charge is -2.52. The van der Waals surface area contributed by atoms with Crippen molar-refractivity contribution in [2.24, 2.45) is 10.8 Å². The van der Waals surface area contributed by atoms with Crippen molar-refractivity contribution >= 4 is 16.8 Å². The smallest absolute Gasteiger partial charge is 0.178 e. The van der Waals surface area contributed by atoms with Crippen molar-refractivity contribution in [2.45, 2.75) is 64.6 Å². The summed E-state index contributed by atoms with van der Waals surface area (Å²) < 4.78 is 31.4. The van der Waals surface area contributed by atoms with Gasteiger partial charge >= 0.3 is 0 Å². The maximum Gasteiger partial charge on any atom is 0.178 e. The highest BCUT2D eigenvalue weighted by atomic mass is 16.5. The molecule has 7 nitrogen and oxygen atoms in total. The van der Waals surface area contributed by atoms with E-state index in [-0.39, 0.29) is 36.1 Å². The summed E-state index contributed by atoms with van der Waals surface area (Å²) in [6.07, 6.45) is 7.67. The van der Waals surface area contributed by atoms with Gasteiger partial charge in [-0.15, -0.1) is 0 Å². The average molecular weight is 803 g/mol. The first-order valence-electron chi connectivity index (χ1n) is 20.9. The zero-order valence-corrected chi connectivity index (χ0v) is 35.6. The van der Waals surface area contributed by atoms with Gasteiger partial charge in [0.25, 0.3) is 0 Å². The summed E-state index contributed by atoms with van der Waals surface area (Å²) >= 11 is 0. The van der Waals surface area contributed by atoms with E-state index in [0.717, 1.165) is 74.9 Å². The Morgan fingerprint density at radius 1 is 0.633 bits per heavy atom. The fourth-order valence-corrected chi connectivity index (χ4v) is 11.4. The fraction of sp³-hybridized carbons (Fsp3) is 0.321. The van der Waals surface area contributed by atoms with Crippen LogP contribution in [0.15, 0.2) is 109 Å². The van der Waals surface area contributed by atoms with Crippen LogP contribution in [0.2, 0.25) is 0 Å². The first-order valence-corrected chi connectivity index (χ1v) is 20.9. The minimum Gasteiger partial charge on any atom is -0.497 e. The van der Waals surface area contributed by atoms with Gasteiger partial charge in [0, 0.05) is 38.6 Å². The van der Waals surface area contributed by atoms with E-state index in [9.17, 15) is 10.2 Å². The van der Waals surface area contributed by atoms with Crippen LogP contribution in [-0.2, 0) is 17.6 Å². The van der Waals surface area contributed by atoms with Crippen LogP contribution in [0.3, 0.4) is 0 Å². The monoisotopic (exact) mass is 802 g/mol. The van der Waals surface area contributed by atoms with Crippen molar-refractivity contribution in [3.8, 4) is 51.0 Å². The number of hydrogen-bond acceptors (Lipinski definition) is 7. The standard InChI is InChI=1S/C53H54O7/c1-50(2)30-51(3,4)32-52(31-50)44-11-9-8-10-39(44)47-42-27-41(38-21-12-33(29-55)26-45(38)57-6)46(58-7)28-43(42)49-40(48(47)52)22-23-53(60-49,34-13-17-36(56-5)18-14-34)35-15-19-37(20-16-35)59-25-24-54/h8-23,26-28,54-55H,24-25,29-32H2,1-7H3. The van der Waals surface area contributed by atoms with Crippen molar-refractivity contribution in [3.63, 3.8) is 0 Å². The molecule has 60 heavy (non-hydrogen) atoms. The van der Waals surface area contributed by atoms with Gasteiger partial charge in [0.2, 0.25) is 0 Å². The number of hydrogen-bond donors (Lipinski definition) is 2. The predicted molar refractivity (Wildman–Crippen MR) is 238 cm³/mol. The first kappa shape index (κ1) is 39.7. The lowest BCUT2D eigenvalue weighted by molar-refractivity contribution is 0.0642. The van der Waals surface area contributed by atoms with Crippen LogP contribution in [0, 0.1) is 10.8 Å². The van der Waals surface area contributed by atoms with Gasteiger partial charge in [-0.3, -0.25) is 0 Å². The van der Waals surface area contributed by atoms with Crippen molar-refractivity contribution in [2.75, 3.05) is 34.5 Å². The molecule has 0 amide bonds. The SMILES string of the molecule is COc1ccc(C2(c3ccc(OCCO)cc3)C=Cc3c4c(c5cc(-c6ccc(CO)cc6OC)c(OC)cc5c3O2)-c2ccccc2C42CC(C)(C)CC(C)(C)C2)cc1. The molecule has 1 spiro atoms. The second-order valence-electron chi connectivity index (χ2n) is 18.3. The van der Waals surface area contributed by atoms with Gasteiger partial charge in [-0.1, -0.05) is 94.4 Å². The second kappa shape index (κ2) is 14.8. The lowest BCUT2D eigenvalue weighted by Crippen LogP contribution is -2.44. The Labute approximate surface area is 353 Å². The minimum atomic E-state index is -1.03. The molecule has 1 aliphatic heterocycles. The Bertz CT molecular complexity index is 2620. The van der Waals surface area contributed by atoms with E-state index in [1.165, 1.54) is 22.3 Å². The molecule has 9 rings (SSSR count). The van der Waals surface area contributed by atoms with Crippen molar-refractivity contribution in [1.82, 2.24) is 0 Å². The largest absolute Gasteiger partial charge is 0.497 e. The van der Waals surface area contributed by atoms with Crippen molar-refractivity contribution in [3.05, 3.63) is 143 Å². The molecule has 308 valence electrons. The van der Waals surface area contributed by atoms with E-state index in [2.05, 4.69) is 88.4 Å². The third kappa shape index (κ3) is 6.33. The third-order valence-electron chi connectivity index (χ3n) is 13.0. The molecule has 0 bridgehead atoms. The molecule has 6 aromatic carbocycles. The normalized spacial score (nSPS) is 18.9. The molecule has 1 fully saturated rings. The van der Waals surface area contributed by atoms with Crippen LogP contribution in [-0.4, -0.2) is 44.8 Å². The molecule has 2 aliphatic carbocycles. The summed E-state index contributed by atoms with van der Waals surface area (Å²) in [5, 5.41) is 21.5. The first-order chi connectivity index (χ1) is 28.9. The van der Waals surface area contributed by atoms with Crippen LogP contribution in [0.25, 0.3) is 39.1 Å². The lowest BCUT2D eigenvalue weighted by atomic mass is 9.52. The summed E-state index contributed by atoms with van der Waals surface area (Å²) in [7, 11) is 5.05. The van der Waals surface area contributed by atoms with Crippen molar-refractivity contribution < 1.29 is 33.9 Å². The van der Waals surface area contributed by atoms with E-state index >= 15 is 0 Å². The third-order valence-corrected chi connectivity index (χ3v) is 13.0. The molecule has 1 saturated carbocycles. The van der Waals surface area contributed by atoms with Crippen LogP contribution in [0.5, 0.6) is 28.7 Å². The van der Waals surface area contributed by atoms with Crippen LogP contribution < -0.4 is 23.7 Å². The number of ether oxygens (including phenoxy) is 5. The van der Waals surface area contributed by atoms with Gasteiger partial charge in [0.1, 0.15) is 35.4 Å². The van der Waals surface area contributed by atoms with Gasteiger partial charge < -0.3 is 33.9 Å². The number of aliphatic hydroxyl groups excluding tert-OH is 2. The molecule has 6 aromatic rings. The van der Waals surface area contributed by atoms with E-state index in [0.29, 0.717) is 17.2 Å². The van der Waals surface area contributed by atoms with E-state index in [4.69, 9.17) is 23.7 Å². The highest BCUT2D eigenvalue weighted by molar-refractivity contribution is 6.11. The topological polar surface area (TPSA) is 86.6 Å². The quantitative estimate of drug-likeness (QED) is 0.143. The maximum atomic E-state index is 10.0. The Morgan fingerprint density at radius 2 is 1.28 bits per heavy atom. The summed E-state index contributed by atoms with van der Waals surface area (Å²) in [4.78, 5) is 0. The minimum absolute atomic E-state index is 0.0663.